The molecular formula is C17H15N5O4. The van der Waals surface area contributed by atoms with E-state index in [1.165, 1.54) is 0 Å². The number of aryl methyl sites for hydroxylation is 1. The van der Waals surface area contributed by atoms with E-state index < -0.39 is 0 Å². The number of carbonyl (C=O) groups excluding carboxylic acids is 1. The highest BCUT2D eigenvalue weighted by atomic mass is 16.6. The van der Waals surface area contributed by atoms with Crippen LogP contribution in [-0.2, 0) is 0 Å². The number of anilines is 3. The van der Waals surface area contributed by atoms with Gasteiger partial charge < -0.3 is 24.6 Å². The van der Waals surface area contributed by atoms with Gasteiger partial charge in [0.1, 0.15) is 19.0 Å². The molecule has 0 unspecified atom stereocenters. The van der Waals surface area contributed by atoms with Gasteiger partial charge in [-0.25, -0.2) is 0 Å². The average molecular weight is 353 g/mol. The van der Waals surface area contributed by atoms with Crippen LogP contribution in [0.2, 0.25) is 0 Å². The maximum absolute atomic E-state index is 12.3. The quantitative estimate of drug-likeness (QED) is 0.736. The number of aromatic nitrogens is 3. The van der Waals surface area contributed by atoms with Crippen LogP contribution in [0, 0.1) is 6.92 Å². The molecule has 4 rings (SSSR count). The van der Waals surface area contributed by atoms with Gasteiger partial charge in [-0.05, 0) is 31.2 Å². The third-order valence-corrected chi connectivity index (χ3v) is 3.58. The summed E-state index contributed by atoms with van der Waals surface area (Å²) in [6.07, 6.45) is 0. The van der Waals surface area contributed by atoms with Gasteiger partial charge in [-0.15, -0.1) is 10.2 Å². The Bertz CT molecular complexity index is 939. The summed E-state index contributed by atoms with van der Waals surface area (Å²) >= 11 is 0. The summed E-state index contributed by atoms with van der Waals surface area (Å²) in [6, 6.07) is 10.1. The van der Waals surface area contributed by atoms with Crippen LogP contribution in [0.4, 0.5) is 17.3 Å². The van der Waals surface area contributed by atoms with Crippen LogP contribution in [-0.4, -0.2) is 34.5 Å². The number of hydrogen-bond donors (Lipinski definition) is 2. The minimum atomic E-state index is -0.377. The first-order valence-corrected chi connectivity index (χ1v) is 7.92. The van der Waals surface area contributed by atoms with Crippen molar-refractivity contribution in [3.05, 3.63) is 47.9 Å². The first-order chi connectivity index (χ1) is 12.7. The zero-order valence-corrected chi connectivity index (χ0v) is 13.9. The maximum atomic E-state index is 12.3. The summed E-state index contributed by atoms with van der Waals surface area (Å²) in [5.41, 5.74) is 0.767. The first kappa shape index (κ1) is 15.9. The lowest BCUT2D eigenvalue weighted by Crippen LogP contribution is -2.17. The summed E-state index contributed by atoms with van der Waals surface area (Å²) in [5, 5.41) is 17.4. The molecule has 0 atom stereocenters. The highest BCUT2D eigenvalue weighted by Gasteiger charge is 2.14. The molecule has 26 heavy (non-hydrogen) atoms. The van der Waals surface area contributed by atoms with E-state index in [1.54, 1.807) is 43.3 Å². The van der Waals surface area contributed by atoms with E-state index in [1.807, 2.05) is 0 Å². The van der Waals surface area contributed by atoms with Crippen LogP contribution in [0.15, 0.2) is 40.9 Å². The summed E-state index contributed by atoms with van der Waals surface area (Å²) < 4.78 is 15.9. The summed E-state index contributed by atoms with van der Waals surface area (Å²) in [5.74, 6) is 2.53. The topological polar surface area (TPSA) is 111 Å². The summed E-state index contributed by atoms with van der Waals surface area (Å²) in [4.78, 5) is 12.3. The van der Waals surface area contributed by atoms with Crippen molar-refractivity contribution in [1.29, 1.82) is 0 Å². The average Bonchev–Trinajstić information content (AvgIpc) is 3.07. The molecule has 0 bridgehead atoms. The van der Waals surface area contributed by atoms with Crippen LogP contribution in [0.25, 0.3) is 0 Å². The standard InChI is InChI=1S/C17H15N5O4/c1-10-8-16(22-26-10)19-15-5-3-12(20-21-15)17(23)18-11-2-4-13-14(9-11)25-7-6-24-13/h2-5,8-9H,6-7H2,1H3,(H,18,23)(H,19,21,22). The molecule has 2 aromatic heterocycles. The molecule has 9 heteroatoms. The van der Waals surface area contributed by atoms with Crippen LogP contribution in [0.3, 0.4) is 0 Å². The van der Waals surface area contributed by atoms with Gasteiger partial charge in [-0.1, -0.05) is 5.16 Å². The van der Waals surface area contributed by atoms with Crippen LogP contribution in [0.5, 0.6) is 11.5 Å². The fourth-order valence-electron chi connectivity index (χ4n) is 2.39. The second-order valence-corrected chi connectivity index (χ2v) is 5.56. The fourth-order valence-corrected chi connectivity index (χ4v) is 2.39. The molecule has 0 aliphatic carbocycles. The number of nitrogens with one attached hydrogen (secondary N) is 2. The molecule has 3 aromatic rings. The molecule has 1 aromatic carbocycles. The van der Waals surface area contributed by atoms with Crippen LogP contribution >= 0.6 is 0 Å². The van der Waals surface area contributed by atoms with E-state index in [-0.39, 0.29) is 11.6 Å². The predicted molar refractivity (Wildman–Crippen MR) is 91.9 cm³/mol. The van der Waals surface area contributed by atoms with Gasteiger partial charge in [0.25, 0.3) is 5.91 Å². The van der Waals surface area contributed by atoms with Crippen LogP contribution in [0.1, 0.15) is 16.2 Å². The Kier molecular flexibility index (Phi) is 4.10. The Balaban J connectivity index is 1.43. The van der Waals surface area contributed by atoms with E-state index in [4.69, 9.17) is 14.0 Å². The zero-order valence-electron chi connectivity index (χ0n) is 13.9. The number of amides is 1. The second kappa shape index (κ2) is 6.71. The molecule has 0 saturated heterocycles. The summed E-state index contributed by atoms with van der Waals surface area (Å²) in [7, 11) is 0. The lowest BCUT2D eigenvalue weighted by Gasteiger charge is -2.18. The molecule has 0 fully saturated rings. The maximum Gasteiger partial charge on any atom is 0.276 e. The van der Waals surface area contributed by atoms with Crippen LogP contribution < -0.4 is 20.1 Å². The van der Waals surface area contributed by atoms with Crippen molar-refractivity contribution in [3.63, 3.8) is 0 Å². The number of hydrogen-bond acceptors (Lipinski definition) is 8. The molecule has 3 heterocycles. The molecule has 0 saturated carbocycles. The van der Waals surface area contributed by atoms with Crippen molar-refractivity contribution in [2.75, 3.05) is 23.8 Å². The third-order valence-electron chi connectivity index (χ3n) is 3.58. The Hall–Kier alpha value is -3.62. The van der Waals surface area contributed by atoms with Gasteiger partial charge in [0.2, 0.25) is 0 Å². The molecule has 0 spiro atoms. The van der Waals surface area contributed by atoms with Gasteiger partial charge in [-0.2, -0.15) is 0 Å². The summed E-state index contributed by atoms with van der Waals surface area (Å²) in [6.45, 7) is 2.78. The lowest BCUT2D eigenvalue weighted by atomic mass is 10.2. The number of benzene rings is 1. The van der Waals surface area contributed by atoms with Gasteiger partial charge in [0, 0.05) is 17.8 Å². The second-order valence-electron chi connectivity index (χ2n) is 5.56. The SMILES string of the molecule is Cc1cc(Nc2ccc(C(=O)Nc3ccc4c(c3)OCCO4)nn2)no1. The Morgan fingerprint density at radius 3 is 2.58 bits per heavy atom. The number of carbonyl (C=O) groups is 1. The smallest absolute Gasteiger partial charge is 0.276 e. The fraction of sp³-hybridized carbons (Fsp3) is 0.176. The molecule has 132 valence electrons. The molecule has 9 nitrogen and oxygen atoms in total. The Labute approximate surface area is 148 Å². The first-order valence-electron chi connectivity index (χ1n) is 7.92. The highest BCUT2D eigenvalue weighted by molar-refractivity contribution is 6.03. The van der Waals surface area contributed by atoms with Crippen molar-refractivity contribution in [1.82, 2.24) is 15.4 Å². The number of rotatable bonds is 4. The Morgan fingerprint density at radius 1 is 1.00 bits per heavy atom. The van der Waals surface area contributed by atoms with E-state index in [0.29, 0.717) is 47.8 Å². The minimum absolute atomic E-state index is 0.182. The zero-order chi connectivity index (χ0) is 17.9. The van der Waals surface area contributed by atoms with Gasteiger partial charge >= 0.3 is 0 Å². The molecule has 1 aliphatic rings. The van der Waals surface area contributed by atoms with Crippen molar-refractivity contribution in [3.8, 4) is 11.5 Å². The van der Waals surface area contributed by atoms with Gasteiger partial charge in [0.15, 0.2) is 28.8 Å². The molecule has 1 amide bonds. The molecule has 1 aliphatic heterocycles. The highest BCUT2D eigenvalue weighted by Crippen LogP contribution is 2.32. The van der Waals surface area contributed by atoms with E-state index in [2.05, 4.69) is 26.0 Å². The monoisotopic (exact) mass is 353 g/mol. The van der Waals surface area contributed by atoms with Gasteiger partial charge in [0.05, 0.1) is 0 Å². The number of nitrogens with zero attached hydrogens (tertiary/aromatic N) is 3. The predicted octanol–water partition coefficient (Wildman–Crippen LogP) is 2.54. The van der Waals surface area contributed by atoms with Gasteiger partial charge in [-0.3, -0.25) is 4.79 Å². The van der Waals surface area contributed by atoms with E-state index in [0.717, 1.165) is 0 Å². The van der Waals surface area contributed by atoms with Crippen molar-refractivity contribution in [2.45, 2.75) is 6.92 Å². The number of fused-ring (bicyclic) bond motifs is 1. The lowest BCUT2D eigenvalue weighted by molar-refractivity contribution is 0.102. The Morgan fingerprint density at radius 2 is 1.85 bits per heavy atom. The van der Waals surface area contributed by atoms with Crippen molar-refractivity contribution >= 4 is 23.2 Å². The minimum Gasteiger partial charge on any atom is -0.486 e. The largest absolute Gasteiger partial charge is 0.486 e. The van der Waals surface area contributed by atoms with E-state index in [9.17, 15) is 4.79 Å². The van der Waals surface area contributed by atoms with Crippen molar-refractivity contribution < 1.29 is 18.8 Å². The van der Waals surface area contributed by atoms with E-state index >= 15 is 0 Å². The molecule has 2 N–H and O–H groups in total. The number of ether oxygens (including phenoxy) is 2. The third kappa shape index (κ3) is 3.41. The van der Waals surface area contributed by atoms with Crippen molar-refractivity contribution in [2.24, 2.45) is 0 Å². The molecule has 0 radical (unpaired) electrons. The normalized spacial score (nSPS) is 12.5. The molecular weight excluding hydrogens is 338 g/mol.